The van der Waals surface area contributed by atoms with Crippen LogP contribution in [-0.2, 0) is 6.54 Å². The van der Waals surface area contributed by atoms with E-state index in [1.807, 2.05) is 36.4 Å². The number of hydrogen-bond donors (Lipinski definition) is 1. The Balaban J connectivity index is 2.17. The van der Waals surface area contributed by atoms with Crippen molar-refractivity contribution >= 4 is 11.8 Å². The Morgan fingerprint density at radius 3 is 2.67 bits per heavy atom. The van der Waals surface area contributed by atoms with Crippen molar-refractivity contribution in [1.82, 2.24) is 9.97 Å². The molecule has 2 rings (SSSR count). The lowest BCUT2D eigenvalue weighted by Gasteiger charge is -2.01. The van der Waals surface area contributed by atoms with Gasteiger partial charge in [0.25, 0.3) is 0 Å². The fourth-order valence-corrected chi connectivity index (χ4v) is 1.91. The molecule has 1 aromatic carbocycles. The van der Waals surface area contributed by atoms with Crippen LogP contribution in [0.4, 0.5) is 0 Å². The number of aromatic nitrogens is 2. The van der Waals surface area contributed by atoms with Crippen molar-refractivity contribution in [3.05, 3.63) is 48.3 Å². The van der Waals surface area contributed by atoms with Gasteiger partial charge in [-0.3, -0.25) is 0 Å². The van der Waals surface area contributed by atoms with E-state index in [0.29, 0.717) is 6.54 Å². The lowest BCUT2D eigenvalue weighted by atomic mass is 10.4. The van der Waals surface area contributed by atoms with Crippen LogP contribution < -0.4 is 5.73 Å². The molecular weight excluding hydrogens is 206 g/mol. The zero-order valence-electron chi connectivity index (χ0n) is 8.13. The van der Waals surface area contributed by atoms with E-state index in [1.165, 1.54) is 11.8 Å². The SMILES string of the molecule is NCc1ccnc(Sc2ccccc2)n1. The summed E-state index contributed by atoms with van der Waals surface area (Å²) in [6, 6.07) is 11.9. The minimum Gasteiger partial charge on any atom is -0.325 e. The molecule has 15 heavy (non-hydrogen) atoms. The molecule has 0 bridgehead atoms. The third-order valence-electron chi connectivity index (χ3n) is 1.85. The molecule has 4 heteroatoms. The molecule has 1 heterocycles. The van der Waals surface area contributed by atoms with Gasteiger partial charge in [0.1, 0.15) is 0 Å². The topological polar surface area (TPSA) is 51.8 Å². The third-order valence-corrected chi connectivity index (χ3v) is 2.74. The summed E-state index contributed by atoms with van der Waals surface area (Å²) < 4.78 is 0. The molecule has 76 valence electrons. The number of rotatable bonds is 3. The number of nitrogens with two attached hydrogens (primary N) is 1. The monoisotopic (exact) mass is 217 g/mol. The first-order chi connectivity index (χ1) is 7.38. The minimum atomic E-state index is 0.449. The van der Waals surface area contributed by atoms with Crippen LogP contribution in [0.25, 0.3) is 0 Å². The molecule has 0 aliphatic carbocycles. The number of hydrogen-bond acceptors (Lipinski definition) is 4. The standard InChI is InChI=1S/C11H11N3S/c12-8-9-6-7-13-11(14-9)15-10-4-2-1-3-5-10/h1-7H,8,12H2. The maximum Gasteiger partial charge on any atom is 0.192 e. The Hall–Kier alpha value is -1.39. The smallest absolute Gasteiger partial charge is 0.192 e. The van der Waals surface area contributed by atoms with Crippen LogP contribution in [0.2, 0.25) is 0 Å². The molecule has 2 N–H and O–H groups in total. The molecule has 0 amide bonds. The summed E-state index contributed by atoms with van der Waals surface area (Å²) in [4.78, 5) is 9.62. The van der Waals surface area contributed by atoms with Crippen LogP contribution in [0.15, 0.2) is 52.6 Å². The Morgan fingerprint density at radius 1 is 1.13 bits per heavy atom. The van der Waals surface area contributed by atoms with Gasteiger partial charge in [-0.15, -0.1) is 0 Å². The summed E-state index contributed by atoms with van der Waals surface area (Å²) in [6.07, 6.45) is 1.74. The largest absolute Gasteiger partial charge is 0.325 e. The minimum absolute atomic E-state index is 0.449. The number of nitrogens with zero attached hydrogens (tertiary/aromatic N) is 2. The van der Waals surface area contributed by atoms with E-state index in [-0.39, 0.29) is 0 Å². The highest BCUT2D eigenvalue weighted by Gasteiger charge is 2.00. The van der Waals surface area contributed by atoms with Gasteiger partial charge < -0.3 is 5.73 Å². The van der Waals surface area contributed by atoms with Crippen LogP contribution in [-0.4, -0.2) is 9.97 Å². The van der Waals surface area contributed by atoms with Gasteiger partial charge in [0.05, 0.1) is 5.69 Å². The van der Waals surface area contributed by atoms with E-state index in [1.54, 1.807) is 6.20 Å². The first kappa shape index (κ1) is 10.1. The van der Waals surface area contributed by atoms with Crippen molar-refractivity contribution in [2.75, 3.05) is 0 Å². The van der Waals surface area contributed by atoms with Gasteiger partial charge >= 0.3 is 0 Å². The van der Waals surface area contributed by atoms with E-state index >= 15 is 0 Å². The lowest BCUT2D eigenvalue weighted by Crippen LogP contribution is -2.00. The van der Waals surface area contributed by atoms with Crippen LogP contribution in [0, 0.1) is 0 Å². The van der Waals surface area contributed by atoms with E-state index < -0.39 is 0 Å². The van der Waals surface area contributed by atoms with Gasteiger partial charge in [0, 0.05) is 17.6 Å². The van der Waals surface area contributed by atoms with Crippen LogP contribution in [0.3, 0.4) is 0 Å². The van der Waals surface area contributed by atoms with Gasteiger partial charge in [0.2, 0.25) is 0 Å². The molecule has 0 aliphatic heterocycles. The Morgan fingerprint density at radius 2 is 1.93 bits per heavy atom. The predicted octanol–water partition coefficient (Wildman–Crippen LogP) is 2.09. The van der Waals surface area contributed by atoms with Crippen molar-refractivity contribution in [1.29, 1.82) is 0 Å². The highest BCUT2D eigenvalue weighted by Crippen LogP contribution is 2.23. The predicted molar refractivity (Wildman–Crippen MR) is 60.5 cm³/mol. The molecule has 2 aromatic rings. The zero-order chi connectivity index (χ0) is 10.5. The molecule has 0 aliphatic rings. The van der Waals surface area contributed by atoms with E-state index in [2.05, 4.69) is 9.97 Å². The average molecular weight is 217 g/mol. The fourth-order valence-electron chi connectivity index (χ4n) is 1.13. The molecule has 3 nitrogen and oxygen atoms in total. The van der Waals surface area contributed by atoms with Gasteiger partial charge in [-0.2, -0.15) is 0 Å². The molecule has 0 radical (unpaired) electrons. The maximum absolute atomic E-state index is 5.51. The quantitative estimate of drug-likeness (QED) is 0.800. The van der Waals surface area contributed by atoms with Crippen LogP contribution >= 0.6 is 11.8 Å². The second kappa shape index (κ2) is 4.91. The highest BCUT2D eigenvalue weighted by molar-refractivity contribution is 7.99. The maximum atomic E-state index is 5.51. The summed E-state index contributed by atoms with van der Waals surface area (Å²) in [5.74, 6) is 0. The van der Waals surface area contributed by atoms with Crippen LogP contribution in [0.5, 0.6) is 0 Å². The van der Waals surface area contributed by atoms with Crippen LogP contribution in [0.1, 0.15) is 5.69 Å². The average Bonchev–Trinajstić information content (AvgIpc) is 2.31. The van der Waals surface area contributed by atoms with Crippen molar-refractivity contribution in [2.45, 2.75) is 16.6 Å². The van der Waals surface area contributed by atoms with Crippen molar-refractivity contribution in [3.8, 4) is 0 Å². The van der Waals surface area contributed by atoms with Crippen molar-refractivity contribution in [3.63, 3.8) is 0 Å². The van der Waals surface area contributed by atoms with E-state index in [4.69, 9.17) is 5.73 Å². The Bertz CT molecular complexity index is 431. The molecule has 1 aromatic heterocycles. The Labute approximate surface area is 92.8 Å². The van der Waals surface area contributed by atoms with Gasteiger partial charge in [0.15, 0.2) is 5.16 Å². The summed E-state index contributed by atoms with van der Waals surface area (Å²) in [6.45, 7) is 0.449. The molecule has 0 atom stereocenters. The highest BCUT2D eigenvalue weighted by atomic mass is 32.2. The van der Waals surface area contributed by atoms with Gasteiger partial charge in [-0.05, 0) is 30.0 Å². The molecule has 0 unspecified atom stereocenters. The molecule has 0 spiro atoms. The zero-order valence-corrected chi connectivity index (χ0v) is 8.95. The molecule has 0 saturated heterocycles. The first-order valence-electron chi connectivity index (χ1n) is 4.63. The third kappa shape index (κ3) is 2.78. The summed E-state index contributed by atoms with van der Waals surface area (Å²) >= 11 is 1.54. The summed E-state index contributed by atoms with van der Waals surface area (Å²) in [5.41, 5.74) is 6.38. The second-order valence-corrected chi connectivity index (χ2v) is 3.99. The molecular formula is C11H11N3S. The van der Waals surface area contributed by atoms with E-state index in [9.17, 15) is 0 Å². The van der Waals surface area contributed by atoms with E-state index in [0.717, 1.165) is 15.7 Å². The fraction of sp³-hybridized carbons (Fsp3) is 0.0909. The normalized spacial score (nSPS) is 10.2. The second-order valence-electron chi connectivity index (χ2n) is 2.95. The summed E-state index contributed by atoms with van der Waals surface area (Å²) in [7, 11) is 0. The molecule has 0 fully saturated rings. The van der Waals surface area contributed by atoms with Crippen molar-refractivity contribution < 1.29 is 0 Å². The molecule has 0 saturated carbocycles. The van der Waals surface area contributed by atoms with Gasteiger partial charge in [-0.1, -0.05) is 18.2 Å². The number of benzene rings is 1. The lowest BCUT2D eigenvalue weighted by molar-refractivity contribution is 0.874. The Kier molecular flexibility index (Phi) is 3.32. The van der Waals surface area contributed by atoms with Crippen molar-refractivity contribution in [2.24, 2.45) is 5.73 Å². The van der Waals surface area contributed by atoms with Gasteiger partial charge in [-0.25, -0.2) is 9.97 Å². The summed E-state index contributed by atoms with van der Waals surface area (Å²) in [5, 5.41) is 0.740. The first-order valence-corrected chi connectivity index (χ1v) is 5.45.